The van der Waals surface area contributed by atoms with Crippen LogP contribution in [0.3, 0.4) is 0 Å². The maximum atomic E-state index is 13.7. The molecule has 4 N–H and O–H groups in total. The maximum Gasteiger partial charge on any atom is 0.356 e. The van der Waals surface area contributed by atoms with Crippen molar-refractivity contribution in [3.05, 3.63) is 138 Å². The van der Waals surface area contributed by atoms with Crippen LogP contribution < -0.4 is 11.1 Å². The van der Waals surface area contributed by atoms with E-state index in [9.17, 15) is 14.7 Å². The summed E-state index contributed by atoms with van der Waals surface area (Å²) in [6, 6.07) is 24.9. The van der Waals surface area contributed by atoms with Crippen LogP contribution in [-0.4, -0.2) is 47.6 Å². The fourth-order valence-corrected chi connectivity index (χ4v) is 14.9. The van der Waals surface area contributed by atoms with Crippen LogP contribution in [0.4, 0.5) is 0 Å². The largest absolute Gasteiger partial charge is 0.476 e. The Morgan fingerprint density at radius 2 is 0.900 bits per heavy atom. The molecule has 70 heavy (non-hydrogen) atoms. The van der Waals surface area contributed by atoms with Crippen LogP contribution in [-0.2, 0) is 0 Å². The number of carboxylic acids is 1. The first-order chi connectivity index (χ1) is 32.9. The molecule has 8 saturated carbocycles. The summed E-state index contributed by atoms with van der Waals surface area (Å²) in [4.78, 5) is 25.2. The lowest BCUT2D eigenvalue weighted by molar-refractivity contribution is -0.0168. The van der Waals surface area contributed by atoms with Gasteiger partial charge in [0.15, 0.2) is 11.4 Å². The van der Waals surface area contributed by atoms with E-state index in [4.69, 9.17) is 80.4 Å². The van der Waals surface area contributed by atoms with Crippen molar-refractivity contribution >= 4 is 93.9 Å². The highest BCUT2D eigenvalue weighted by Crippen LogP contribution is 2.56. The van der Waals surface area contributed by atoms with Gasteiger partial charge in [-0.25, -0.2) is 14.2 Å². The van der Waals surface area contributed by atoms with E-state index < -0.39 is 5.97 Å². The molecule has 0 radical (unpaired) electrons. The summed E-state index contributed by atoms with van der Waals surface area (Å²) in [7, 11) is 0. The van der Waals surface area contributed by atoms with Crippen LogP contribution in [0.25, 0.3) is 33.9 Å². The molecule has 16 heteroatoms. The van der Waals surface area contributed by atoms with Crippen molar-refractivity contribution in [3.8, 4) is 33.9 Å². The van der Waals surface area contributed by atoms with E-state index >= 15 is 0 Å². The summed E-state index contributed by atoms with van der Waals surface area (Å²) >= 11 is 37.0. The number of nitrogens with zero attached hydrogens (tertiary/aromatic N) is 4. The molecule has 9 nitrogen and oxygen atoms in total. The van der Waals surface area contributed by atoms with Gasteiger partial charge in [-0.1, -0.05) is 93.9 Å². The smallest absolute Gasteiger partial charge is 0.356 e. The lowest BCUT2D eigenvalue weighted by Gasteiger charge is -2.56. The molecule has 6 aromatic rings. The highest BCUT2D eigenvalue weighted by atomic mass is 35.5. The summed E-state index contributed by atoms with van der Waals surface area (Å²) < 4.78 is 3.27. The van der Waals surface area contributed by atoms with Crippen LogP contribution in [0.15, 0.2) is 84.9 Å². The predicted molar refractivity (Wildman–Crippen MR) is 285 cm³/mol. The van der Waals surface area contributed by atoms with Gasteiger partial charge in [-0.15, -0.1) is 12.4 Å². The van der Waals surface area contributed by atoms with Crippen molar-refractivity contribution in [3.63, 3.8) is 0 Å². The number of nitrogens with two attached hydrogens (primary N) is 1. The van der Waals surface area contributed by atoms with Gasteiger partial charge in [0.2, 0.25) is 0 Å². The molecule has 8 fully saturated rings. The fourth-order valence-electron chi connectivity index (χ4n) is 13.7. The number of nitrogens with one attached hydrogen (secondary N) is 1. The summed E-state index contributed by atoms with van der Waals surface area (Å²) in [5, 5.41) is 25.0. The summed E-state index contributed by atoms with van der Waals surface area (Å²) in [6.07, 6.45) is 15.8. The molecule has 2 heterocycles. The van der Waals surface area contributed by atoms with Gasteiger partial charge in [-0.05, 0) is 187 Å². The lowest BCUT2D eigenvalue weighted by atomic mass is 9.53. The average molecular weight is 1080 g/mol. The molecular formula is C54H55Cl7N6O3. The Hall–Kier alpha value is -3.77. The number of aromatic carboxylic acids is 1. The molecule has 0 aliphatic heterocycles. The van der Waals surface area contributed by atoms with E-state index in [0.29, 0.717) is 64.0 Å². The molecule has 14 rings (SSSR count). The van der Waals surface area contributed by atoms with Gasteiger partial charge in [0, 0.05) is 53.4 Å². The summed E-state index contributed by atoms with van der Waals surface area (Å²) in [5.41, 5.74) is 12.7. The topological polar surface area (TPSA) is 128 Å². The first-order valence-electron chi connectivity index (χ1n) is 23.9. The second kappa shape index (κ2) is 20.3. The van der Waals surface area contributed by atoms with Crippen LogP contribution in [0.1, 0.15) is 109 Å². The minimum Gasteiger partial charge on any atom is -0.476 e. The minimum absolute atomic E-state index is 0. The number of benzene rings is 4. The van der Waals surface area contributed by atoms with Crippen molar-refractivity contribution in [2.45, 2.75) is 102 Å². The molecule has 1 amide bonds. The Morgan fingerprint density at radius 3 is 1.26 bits per heavy atom. The molecule has 8 aliphatic carbocycles. The zero-order valence-electron chi connectivity index (χ0n) is 38.8. The fraction of sp³-hybridized carbons (Fsp3) is 0.407. The van der Waals surface area contributed by atoms with Gasteiger partial charge in [-0.2, -0.15) is 10.2 Å². The average Bonchev–Trinajstić information content (AvgIpc) is 3.79. The number of carbonyl (C=O) groups is 2. The van der Waals surface area contributed by atoms with Gasteiger partial charge >= 0.3 is 5.97 Å². The molecule has 0 atom stereocenters. The third-order valence-electron chi connectivity index (χ3n) is 15.7. The van der Waals surface area contributed by atoms with Crippen molar-refractivity contribution in [1.29, 1.82) is 0 Å². The Bertz CT molecular complexity index is 2880. The van der Waals surface area contributed by atoms with E-state index in [-0.39, 0.29) is 29.5 Å². The number of carboxylic acid groups (broad SMARTS) is 1. The van der Waals surface area contributed by atoms with Crippen LogP contribution in [0.5, 0.6) is 0 Å². The second-order valence-electron chi connectivity index (χ2n) is 20.9. The highest BCUT2D eigenvalue weighted by Gasteiger charge is 2.52. The van der Waals surface area contributed by atoms with Crippen LogP contribution in [0, 0.1) is 49.4 Å². The highest BCUT2D eigenvalue weighted by molar-refractivity contribution is 6.36. The molecule has 0 unspecified atom stereocenters. The first kappa shape index (κ1) is 51.1. The molecule has 2 aromatic heterocycles. The molecule has 0 spiro atoms. The zero-order valence-corrected chi connectivity index (χ0v) is 44.2. The molecule has 0 saturated heterocycles. The maximum absolute atomic E-state index is 13.7. The number of amides is 1. The minimum atomic E-state index is -1.11. The number of carbonyl (C=O) groups excluding carboxylic acids is 1. The Kier molecular flexibility index (Phi) is 14.8. The zero-order chi connectivity index (χ0) is 48.5. The van der Waals surface area contributed by atoms with Crippen molar-refractivity contribution in [2.24, 2.45) is 41.2 Å². The molecule has 8 bridgehead atoms. The number of hydrogen-bond acceptors (Lipinski definition) is 5. The number of aromatic nitrogens is 4. The van der Waals surface area contributed by atoms with Gasteiger partial charge in [0.05, 0.1) is 32.8 Å². The van der Waals surface area contributed by atoms with Crippen molar-refractivity contribution < 1.29 is 14.7 Å². The number of halogens is 7. The standard InChI is InChI=1S/C27H26Cl3N3O.C17H11Cl3N2O2.C10H17N.ClH/c1-15-24(26(34)31-27-12-16-8-17(13-27)10-18(9-16)14-27)32-33(23-7-6-21(29)11-22(23)30)25(15)19-2-4-20(28)5-3-19;1-9-15(17(23)24)21-22(14-7-6-12(19)8-13(14)20)16(9)10-2-4-11(18)5-3-10;11-10-4-7-1-8(5-10)3-9(2-7)6-10;/h2-7,11,16-18H,8-10,12-14H2,1H3,(H,31,34);2-8H,1H3,(H,23,24);7-9H,1-6,11H2;1H. The van der Waals surface area contributed by atoms with Crippen molar-refractivity contribution in [2.75, 3.05) is 0 Å². The first-order valence-corrected chi connectivity index (χ1v) is 26.2. The Balaban J connectivity index is 0.000000146. The van der Waals surface area contributed by atoms with Crippen LogP contribution >= 0.6 is 82.0 Å². The summed E-state index contributed by atoms with van der Waals surface area (Å²) in [5.74, 6) is 4.11. The van der Waals surface area contributed by atoms with E-state index in [2.05, 4.69) is 10.4 Å². The predicted octanol–water partition coefficient (Wildman–Crippen LogP) is 15.3. The van der Waals surface area contributed by atoms with E-state index in [1.165, 1.54) is 62.5 Å². The third kappa shape index (κ3) is 10.4. The molecule has 8 aliphatic rings. The van der Waals surface area contributed by atoms with Gasteiger partial charge in [-0.3, -0.25) is 4.79 Å². The van der Waals surface area contributed by atoms with Gasteiger partial charge in [0.25, 0.3) is 5.91 Å². The lowest BCUT2D eigenvalue weighted by Crippen LogP contribution is -2.59. The van der Waals surface area contributed by atoms with E-state index in [1.807, 2.05) is 37.3 Å². The third-order valence-corrected chi connectivity index (χ3v) is 17.3. The number of hydrogen-bond donors (Lipinski definition) is 3. The second-order valence-corrected chi connectivity index (χ2v) is 23.5. The van der Waals surface area contributed by atoms with Crippen molar-refractivity contribution in [1.82, 2.24) is 24.9 Å². The Labute approximate surface area is 445 Å². The SMILES string of the molecule is Cc1c(C(=O)NC23CC4CC(CC(C4)C2)C3)nn(-c2ccc(Cl)cc2Cl)c1-c1ccc(Cl)cc1.Cc1c(C(=O)O)nn(-c2ccc(Cl)cc2Cl)c1-c1ccc(Cl)cc1.Cl.NC12CC3CC(CC(C3)C1)C2. The van der Waals surface area contributed by atoms with Crippen LogP contribution in [0.2, 0.25) is 30.1 Å². The van der Waals surface area contributed by atoms with Gasteiger partial charge in [0.1, 0.15) is 0 Å². The molecule has 368 valence electrons. The normalized spacial score (nSPS) is 26.4. The summed E-state index contributed by atoms with van der Waals surface area (Å²) in [6.45, 7) is 3.66. The monoisotopic (exact) mass is 1080 g/mol. The van der Waals surface area contributed by atoms with E-state index in [1.54, 1.807) is 66.2 Å². The molecular weight excluding hydrogens is 1030 g/mol. The Morgan fingerprint density at radius 1 is 0.557 bits per heavy atom. The van der Waals surface area contributed by atoms with E-state index in [0.717, 1.165) is 77.2 Å². The number of rotatable bonds is 7. The molecule has 4 aromatic carbocycles. The quantitative estimate of drug-likeness (QED) is 0.146. The van der Waals surface area contributed by atoms with Gasteiger partial charge < -0.3 is 16.2 Å².